The predicted octanol–water partition coefficient (Wildman–Crippen LogP) is 4.01. The third kappa shape index (κ3) is 2.73. The molecule has 20 heavy (non-hydrogen) atoms. The molecular weight excluding hydrogens is 278 g/mol. The van der Waals surface area contributed by atoms with Gasteiger partial charge in [-0.25, -0.2) is 4.79 Å². The first kappa shape index (κ1) is 13.9. The fraction of sp³-hybridized carbons (Fsp3) is 0.0667. The van der Waals surface area contributed by atoms with E-state index in [1.54, 1.807) is 31.2 Å². The van der Waals surface area contributed by atoms with Crippen molar-refractivity contribution in [3.8, 4) is 17.6 Å². The molecular formula is C15H10ClNO3. The van der Waals surface area contributed by atoms with Gasteiger partial charge in [0.05, 0.1) is 11.1 Å². The standard InChI is InChI=1S/C15H10ClNO3/c1-9-12(15(18)19)3-2-4-13(9)20-14-6-5-11(16)7-10(14)8-17/h2-7H,1H3,(H,18,19). The second-order valence-corrected chi connectivity index (χ2v) is 4.52. The van der Waals surface area contributed by atoms with Crippen LogP contribution in [-0.4, -0.2) is 11.1 Å². The van der Waals surface area contributed by atoms with E-state index in [9.17, 15) is 4.79 Å². The Morgan fingerprint density at radius 1 is 1.30 bits per heavy atom. The van der Waals surface area contributed by atoms with Crippen molar-refractivity contribution < 1.29 is 14.6 Å². The number of nitrogens with zero attached hydrogens (tertiary/aromatic N) is 1. The second-order valence-electron chi connectivity index (χ2n) is 4.09. The third-order valence-electron chi connectivity index (χ3n) is 2.80. The van der Waals surface area contributed by atoms with Gasteiger partial charge in [0.25, 0.3) is 0 Å². The van der Waals surface area contributed by atoms with E-state index >= 15 is 0 Å². The van der Waals surface area contributed by atoms with Gasteiger partial charge in [0.15, 0.2) is 0 Å². The van der Waals surface area contributed by atoms with Crippen LogP contribution in [0.3, 0.4) is 0 Å². The van der Waals surface area contributed by atoms with Gasteiger partial charge in [0.2, 0.25) is 0 Å². The number of nitriles is 1. The van der Waals surface area contributed by atoms with Crippen molar-refractivity contribution in [2.45, 2.75) is 6.92 Å². The van der Waals surface area contributed by atoms with Gasteiger partial charge in [-0.15, -0.1) is 0 Å². The molecule has 0 aliphatic heterocycles. The molecule has 0 aliphatic rings. The molecule has 1 N–H and O–H groups in total. The van der Waals surface area contributed by atoms with E-state index in [1.165, 1.54) is 12.1 Å². The van der Waals surface area contributed by atoms with Crippen molar-refractivity contribution in [2.24, 2.45) is 0 Å². The lowest BCUT2D eigenvalue weighted by Gasteiger charge is -2.11. The molecule has 5 heteroatoms. The molecule has 100 valence electrons. The van der Waals surface area contributed by atoms with Gasteiger partial charge in [0, 0.05) is 10.6 Å². The average molecular weight is 288 g/mol. The Kier molecular flexibility index (Phi) is 3.92. The number of carbonyl (C=O) groups is 1. The lowest BCUT2D eigenvalue weighted by molar-refractivity contribution is 0.0695. The highest BCUT2D eigenvalue weighted by Gasteiger charge is 2.13. The zero-order valence-electron chi connectivity index (χ0n) is 10.6. The smallest absolute Gasteiger partial charge is 0.336 e. The monoisotopic (exact) mass is 287 g/mol. The van der Waals surface area contributed by atoms with Gasteiger partial charge in [-0.2, -0.15) is 5.26 Å². The minimum atomic E-state index is -1.02. The molecule has 0 radical (unpaired) electrons. The molecule has 0 saturated heterocycles. The summed E-state index contributed by atoms with van der Waals surface area (Å²) in [6, 6.07) is 11.4. The van der Waals surface area contributed by atoms with Crippen molar-refractivity contribution >= 4 is 17.6 Å². The van der Waals surface area contributed by atoms with E-state index < -0.39 is 5.97 Å². The number of carboxylic acids is 1. The first-order chi connectivity index (χ1) is 9.52. The summed E-state index contributed by atoms with van der Waals surface area (Å²) < 4.78 is 5.63. The Balaban J connectivity index is 2.44. The van der Waals surface area contributed by atoms with Gasteiger partial charge in [-0.1, -0.05) is 17.7 Å². The highest BCUT2D eigenvalue weighted by atomic mass is 35.5. The number of rotatable bonds is 3. The highest BCUT2D eigenvalue weighted by molar-refractivity contribution is 6.30. The van der Waals surface area contributed by atoms with Crippen LogP contribution in [0.25, 0.3) is 0 Å². The average Bonchev–Trinajstić information content (AvgIpc) is 2.42. The summed E-state index contributed by atoms with van der Waals surface area (Å²) >= 11 is 5.81. The highest BCUT2D eigenvalue weighted by Crippen LogP contribution is 2.30. The molecule has 0 heterocycles. The summed E-state index contributed by atoms with van der Waals surface area (Å²) in [7, 11) is 0. The molecule has 0 bridgehead atoms. The molecule has 4 nitrogen and oxygen atoms in total. The van der Waals surface area contributed by atoms with Crippen molar-refractivity contribution in [2.75, 3.05) is 0 Å². The van der Waals surface area contributed by atoms with Crippen molar-refractivity contribution in [3.63, 3.8) is 0 Å². The van der Waals surface area contributed by atoms with Crippen LogP contribution in [0.1, 0.15) is 21.5 Å². The zero-order chi connectivity index (χ0) is 14.7. The molecule has 0 amide bonds. The second kappa shape index (κ2) is 5.64. The molecule has 0 aromatic heterocycles. The molecule has 2 aromatic carbocycles. The number of carboxylic acid groups (broad SMARTS) is 1. The summed E-state index contributed by atoms with van der Waals surface area (Å²) in [4.78, 5) is 11.1. The number of halogens is 1. The van der Waals surface area contributed by atoms with Crippen LogP contribution in [0.15, 0.2) is 36.4 Å². The van der Waals surface area contributed by atoms with Crippen molar-refractivity contribution in [3.05, 3.63) is 58.1 Å². The quantitative estimate of drug-likeness (QED) is 0.926. The largest absolute Gasteiger partial charge is 0.478 e. The Hall–Kier alpha value is -2.51. The molecule has 2 rings (SSSR count). The van der Waals surface area contributed by atoms with E-state index in [-0.39, 0.29) is 11.1 Å². The lowest BCUT2D eigenvalue weighted by Crippen LogP contribution is -2.01. The number of benzene rings is 2. The van der Waals surface area contributed by atoms with Crippen LogP contribution in [-0.2, 0) is 0 Å². The van der Waals surface area contributed by atoms with Gasteiger partial charge in [-0.05, 0) is 37.3 Å². The van der Waals surface area contributed by atoms with E-state index in [2.05, 4.69) is 0 Å². The molecule has 0 aliphatic carbocycles. The number of hydrogen-bond donors (Lipinski definition) is 1. The molecule has 0 fully saturated rings. The SMILES string of the molecule is Cc1c(Oc2ccc(Cl)cc2C#N)cccc1C(=O)O. The van der Waals surface area contributed by atoms with Gasteiger partial charge < -0.3 is 9.84 Å². The van der Waals surface area contributed by atoms with Crippen LogP contribution in [0.2, 0.25) is 5.02 Å². The maximum atomic E-state index is 11.1. The van der Waals surface area contributed by atoms with Crippen molar-refractivity contribution in [1.29, 1.82) is 5.26 Å². The van der Waals surface area contributed by atoms with E-state index in [1.807, 2.05) is 6.07 Å². The molecule has 0 spiro atoms. The van der Waals surface area contributed by atoms with Gasteiger partial charge in [0.1, 0.15) is 17.6 Å². The van der Waals surface area contributed by atoms with Crippen LogP contribution < -0.4 is 4.74 Å². The number of aromatic carboxylic acids is 1. The minimum absolute atomic E-state index is 0.162. The fourth-order valence-electron chi connectivity index (χ4n) is 1.75. The fourth-order valence-corrected chi connectivity index (χ4v) is 1.93. The van der Waals surface area contributed by atoms with Crippen LogP contribution in [0.4, 0.5) is 0 Å². The Bertz CT molecular complexity index is 720. The maximum Gasteiger partial charge on any atom is 0.336 e. The molecule has 0 saturated carbocycles. The molecule has 2 aromatic rings. The van der Waals surface area contributed by atoms with Crippen LogP contribution in [0, 0.1) is 18.3 Å². The number of ether oxygens (including phenoxy) is 1. The molecule has 0 atom stereocenters. The number of hydrogen-bond acceptors (Lipinski definition) is 3. The van der Waals surface area contributed by atoms with E-state index in [0.717, 1.165) is 0 Å². The van der Waals surface area contributed by atoms with Gasteiger partial charge in [-0.3, -0.25) is 0 Å². The maximum absolute atomic E-state index is 11.1. The predicted molar refractivity (Wildman–Crippen MR) is 74.4 cm³/mol. The Labute approximate surface area is 120 Å². The van der Waals surface area contributed by atoms with E-state index in [0.29, 0.717) is 22.1 Å². The third-order valence-corrected chi connectivity index (χ3v) is 3.03. The normalized spacial score (nSPS) is 9.85. The molecule has 0 unspecified atom stereocenters. The Morgan fingerprint density at radius 3 is 2.70 bits per heavy atom. The summed E-state index contributed by atoms with van der Waals surface area (Å²) in [6.45, 7) is 1.65. The van der Waals surface area contributed by atoms with E-state index in [4.69, 9.17) is 26.7 Å². The van der Waals surface area contributed by atoms with Gasteiger partial charge >= 0.3 is 5.97 Å². The summed E-state index contributed by atoms with van der Waals surface area (Å²) in [5, 5.41) is 18.6. The first-order valence-electron chi connectivity index (χ1n) is 5.73. The Morgan fingerprint density at radius 2 is 2.05 bits per heavy atom. The minimum Gasteiger partial charge on any atom is -0.478 e. The lowest BCUT2D eigenvalue weighted by atomic mass is 10.1. The van der Waals surface area contributed by atoms with Crippen LogP contribution in [0.5, 0.6) is 11.5 Å². The van der Waals surface area contributed by atoms with Crippen LogP contribution >= 0.6 is 11.6 Å². The van der Waals surface area contributed by atoms with Crippen molar-refractivity contribution in [1.82, 2.24) is 0 Å². The topological polar surface area (TPSA) is 70.3 Å². The first-order valence-corrected chi connectivity index (χ1v) is 6.11. The summed E-state index contributed by atoms with van der Waals surface area (Å²) in [5.41, 5.74) is 0.950. The summed E-state index contributed by atoms with van der Waals surface area (Å²) in [5.74, 6) is -0.296. The summed E-state index contributed by atoms with van der Waals surface area (Å²) in [6.07, 6.45) is 0. The zero-order valence-corrected chi connectivity index (χ0v) is 11.3.